The lowest BCUT2D eigenvalue weighted by atomic mass is 10.1. The number of nitrogens with zero attached hydrogens (tertiary/aromatic N) is 1. The first kappa shape index (κ1) is 18.1. The van der Waals surface area contributed by atoms with Gasteiger partial charge in [0.25, 0.3) is 0 Å². The number of carbonyl (C=O) groups is 2. The molecular formula is C19H20N2O4S. The van der Waals surface area contributed by atoms with Gasteiger partial charge in [-0.2, -0.15) is 0 Å². The molecule has 0 bridgehead atoms. The normalized spacial score (nSPS) is 17.3. The highest BCUT2D eigenvalue weighted by Gasteiger charge is 2.34. The molecule has 2 aromatic rings. The topological polar surface area (TPSA) is 83.5 Å². The van der Waals surface area contributed by atoms with E-state index in [0.717, 1.165) is 11.8 Å². The van der Waals surface area contributed by atoms with Crippen molar-refractivity contribution in [1.29, 1.82) is 0 Å². The van der Waals surface area contributed by atoms with Crippen molar-refractivity contribution >= 4 is 27.3 Å². The maximum atomic E-state index is 12.4. The number of likely N-dealkylation sites (tertiary alicyclic amines) is 1. The maximum absolute atomic E-state index is 12.4. The third-order valence-corrected chi connectivity index (χ3v) is 5.48. The smallest absolute Gasteiger partial charge is 0.229 e. The van der Waals surface area contributed by atoms with Crippen LogP contribution in [0, 0.1) is 5.92 Å². The Balaban J connectivity index is 1.61. The van der Waals surface area contributed by atoms with Gasteiger partial charge in [0, 0.05) is 31.5 Å². The third kappa shape index (κ3) is 4.29. The SMILES string of the molecule is CS(=O)(=O)c1ccc(NC(=O)C2CC(=O)N(Cc3ccccc3)C2)cc1. The summed E-state index contributed by atoms with van der Waals surface area (Å²) >= 11 is 0. The third-order valence-electron chi connectivity index (χ3n) is 4.35. The van der Waals surface area contributed by atoms with Gasteiger partial charge in [0.05, 0.1) is 10.8 Å². The molecule has 0 radical (unpaired) electrons. The molecule has 136 valence electrons. The zero-order valence-electron chi connectivity index (χ0n) is 14.4. The molecule has 6 nitrogen and oxygen atoms in total. The average Bonchev–Trinajstić information content (AvgIpc) is 2.96. The van der Waals surface area contributed by atoms with Gasteiger partial charge in [-0.1, -0.05) is 30.3 Å². The van der Waals surface area contributed by atoms with Crippen molar-refractivity contribution < 1.29 is 18.0 Å². The van der Waals surface area contributed by atoms with Crippen LogP contribution in [0.5, 0.6) is 0 Å². The molecule has 0 aromatic heterocycles. The lowest BCUT2D eigenvalue weighted by Crippen LogP contribution is -2.28. The van der Waals surface area contributed by atoms with Gasteiger partial charge in [0.1, 0.15) is 0 Å². The van der Waals surface area contributed by atoms with E-state index in [2.05, 4.69) is 5.32 Å². The molecule has 3 rings (SSSR count). The fourth-order valence-electron chi connectivity index (χ4n) is 2.93. The van der Waals surface area contributed by atoms with E-state index in [1.807, 2.05) is 30.3 Å². The van der Waals surface area contributed by atoms with E-state index in [1.54, 1.807) is 17.0 Å². The molecule has 1 fully saturated rings. The van der Waals surface area contributed by atoms with Crippen LogP contribution in [0.2, 0.25) is 0 Å². The quantitative estimate of drug-likeness (QED) is 0.871. The number of carbonyl (C=O) groups excluding carboxylic acids is 2. The Labute approximate surface area is 152 Å². The molecule has 0 spiro atoms. The predicted molar refractivity (Wildman–Crippen MR) is 98.1 cm³/mol. The Kier molecular flexibility index (Phi) is 5.08. The predicted octanol–water partition coefficient (Wildman–Crippen LogP) is 2.08. The van der Waals surface area contributed by atoms with Crippen molar-refractivity contribution in [2.75, 3.05) is 18.1 Å². The first-order valence-corrected chi connectivity index (χ1v) is 10.1. The van der Waals surface area contributed by atoms with E-state index in [4.69, 9.17) is 0 Å². The number of anilines is 1. The van der Waals surface area contributed by atoms with Crippen molar-refractivity contribution in [2.45, 2.75) is 17.9 Å². The van der Waals surface area contributed by atoms with Crippen LogP contribution >= 0.6 is 0 Å². The van der Waals surface area contributed by atoms with Crippen LogP contribution in [0.4, 0.5) is 5.69 Å². The number of benzene rings is 2. The van der Waals surface area contributed by atoms with Crippen LogP contribution in [-0.2, 0) is 26.0 Å². The molecule has 1 aliphatic heterocycles. The van der Waals surface area contributed by atoms with Gasteiger partial charge in [-0.25, -0.2) is 8.42 Å². The van der Waals surface area contributed by atoms with E-state index in [-0.39, 0.29) is 23.1 Å². The zero-order valence-corrected chi connectivity index (χ0v) is 15.2. The summed E-state index contributed by atoms with van der Waals surface area (Å²) in [4.78, 5) is 26.5. The summed E-state index contributed by atoms with van der Waals surface area (Å²) in [7, 11) is -3.27. The Morgan fingerprint density at radius 3 is 2.38 bits per heavy atom. The van der Waals surface area contributed by atoms with Gasteiger partial charge in [-0.3, -0.25) is 9.59 Å². The summed E-state index contributed by atoms with van der Waals surface area (Å²) in [6, 6.07) is 15.6. The van der Waals surface area contributed by atoms with Gasteiger partial charge in [-0.05, 0) is 29.8 Å². The summed E-state index contributed by atoms with van der Waals surface area (Å²) in [5.74, 6) is -0.691. The summed E-state index contributed by atoms with van der Waals surface area (Å²) < 4.78 is 22.9. The molecule has 1 aliphatic rings. The highest BCUT2D eigenvalue weighted by Crippen LogP contribution is 2.22. The van der Waals surface area contributed by atoms with Gasteiger partial charge >= 0.3 is 0 Å². The number of rotatable bonds is 5. The van der Waals surface area contributed by atoms with Gasteiger partial charge in [-0.15, -0.1) is 0 Å². The van der Waals surface area contributed by atoms with E-state index >= 15 is 0 Å². The molecule has 1 heterocycles. The van der Waals surface area contributed by atoms with Gasteiger partial charge in [0.15, 0.2) is 9.84 Å². The van der Waals surface area contributed by atoms with Crippen molar-refractivity contribution in [3.63, 3.8) is 0 Å². The van der Waals surface area contributed by atoms with Crippen LogP contribution in [0.25, 0.3) is 0 Å². The summed E-state index contributed by atoms with van der Waals surface area (Å²) in [6.45, 7) is 0.869. The molecule has 1 N–H and O–H groups in total. The molecule has 7 heteroatoms. The molecule has 2 aromatic carbocycles. The second-order valence-electron chi connectivity index (χ2n) is 6.45. The van der Waals surface area contributed by atoms with E-state index < -0.39 is 15.8 Å². The molecule has 1 unspecified atom stereocenters. The summed E-state index contributed by atoms with van der Waals surface area (Å²) in [6.07, 6.45) is 1.31. The molecule has 2 amide bonds. The number of amides is 2. The second kappa shape index (κ2) is 7.29. The minimum absolute atomic E-state index is 0.0403. The van der Waals surface area contributed by atoms with Crippen LogP contribution in [0.1, 0.15) is 12.0 Å². The zero-order chi connectivity index (χ0) is 18.7. The molecule has 26 heavy (non-hydrogen) atoms. The Bertz CT molecular complexity index is 908. The van der Waals surface area contributed by atoms with E-state index in [0.29, 0.717) is 18.8 Å². The first-order chi connectivity index (χ1) is 12.3. The minimum atomic E-state index is -3.27. The van der Waals surface area contributed by atoms with Crippen LogP contribution in [-0.4, -0.2) is 37.9 Å². The number of sulfone groups is 1. The van der Waals surface area contributed by atoms with Crippen molar-refractivity contribution in [3.05, 3.63) is 60.2 Å². The Morgan fingerprint density at radius 2 is 1.77 bits per heavy atom. The molecule has 1 saturated heterocycles. The van der Waals surface area contributed by atoms with Gasteiger partial charge < -0.3 is 10.2 Å². The first-order valence-electron chi connectivity index (χ1n) is 8.25. The lowest BCUT2D eigenvalue weighted by Gasteiger charge is -2.16. The Morgan fingerprint density at radius 1 is 1.12 bits per heavy atom. The average molecular weight is 372 g/mol. The van der Waals surface area contributed by atoms with Crippen LogP contribution in [0.3, 0.4) is 0 Å². The van der Waals surface area contributed by atoms with Crippen LogP contribution < -0.4 is 5.32 Å². The van der Waals surface area contributed by atoms with Crippen LogP contribution in [0.15, 0.2) is 59.5 Å². The lowest BCUT2D eigenvalue weighted by molar-refractivity contribution is -0.128. The van der Waals surface area contributed by atoms with Gasteiger partial charge in [0.2, 0.25) is 11.8 Å². The largest absolute Gasteiger partial charge is 0.338 e. The molecular weight excluding hydrogens is 352 g/mol. The number of hydrogen-bond acceptors (Lipinski definition) is 4. The Hall–Kier alpha value is -2.67. The molecule has 1 atom stereocenters. The minimum Gasteiger partial charge on any atom is -0.338 e. The molecule has 0 saturated carbocycles. The standard InChI is InChI=1S/C19H20N2O4S/c1-26(24,25)17-9-7-16(8-10-17)20-19(23)15-11-18(22)21(13-15)12-14-5-3-2-4-6-14/h2-10,15H,11-13H2,1H3,(H,20,23). The maximum Gasteiger partial charge on any atom is 0.229 e. The van der Waals surface area contributed by atoms with Crippen molar-refractivity contribution in [3.8, 4) is 0 Å². The highest BCUT2D eigenvalue weighted by atomic mass is 32.2. The molecule has 0 aliphatic carbocycles. The summed E-state index contributed by atoms with van der Waals surface area (Å²) in [5.41, 5.74) is 1.54. The van der Waals surface area contributed by atoms with E-state index in [1.165, 1.54) is 12.1 Å². The van der Waals surface area contributed by atoms with E-state index in [9.17, 15) is 18.0 Å². The fraction of sp³-hybridized carbons (Fsp3) is 0.263. The highest BCUT2D eigenvalue weighted by molar-refractivity contribution is 7.90. The monoisotopic (exact) mass is 372 g/mol. The summed E-state index contributed by atoms with van der Waals surface area (Å²) in [5, 5.41) is 2.75. The number of hydrogen-bond donors (Lipinski definition) is 1. The van der Waals surface area contributed by atoms with Crippen molar-refractivity contribution in [1.82, 2.24) is 4.90 Å². The van der Waals surface area contributed by atoms with Crippen molar-refractivity contribution in [2.24, 2.45) is 5.92 Å². The second-order valence-corrected chi connectivity index (χ2v) is 8.46. The fourth-order valence-corrected chi connectivity index (χ4v) is 3.56. The number of nitrogens with one attached hydrogen (secondary N) is 1.